The van der Waals surface area contributed by atoms with Gasteiger partial charge in [0.15, 0.2) is 0 Å². The molecule has 2 aromatic carbocycles. The zero-order chi connectivity index (χ0) is 14.7. The smallest absolute Gasteiger partial charge is 0.129 e. The monoisotopic (exact) mass is 359 g/mol. The Balaban J connectivity index is 2.36. The van der Waals surface area contributed by atoms with Gasteiger partial charge in [-0.15, -0.1) is 0 Å². The van der Waals surface area contributed by atoms with E-state index in [9.17, 15) is 8.78 Å². The first kappa shape index (κ1) is 15.4. The Morgan fingerprint density at radius 3 is 2.60 bits per heavy atom. The zero-order valence-electron chi connectivity index (χ0n) is 10.8. The molecule has 2 aromatic rings. The van der Waals surface area contributed by atoms with E-state index in [1.165, 1.54) is 18.2 Å². The quantitative estimate of drug-likeness (QED) is 0.819. The molecule has 0 heterocycles. The Morgan fingerprint density at radius 2 is 1.95 bits per heavy atom. The maximum atomic E-state index is 14.0. The third-order valence-electron chi connectivity index (χ3n) is 3.13. The van der Waals surface area contributed by atoms with Crippen molar-refractivity contribution in [1.29, 1.82) is 0 Å². The molecule has 0 saturated carbocycles. The molecule has 5 heteroatoms. The molecule has 1 nitrogen and oxygen atoms in total. The van der Waals surface area contributed by atoms with Crippen molar-refractivity contribution in [2.75, 3.05) is 7.05 Å². The zero-order valence-corrected chi connectivity index (χ0v) is 13.1. The van der Waals surface area contributed by atoms with Crippen molar-refractivity contribution in [3.05, 3.63) is 68.7 Å². The highest BCUT2D eigenvalue weighted by molar-refractivity contribution is 9.10. The molecule has 0 aliphatic carbocycles. The fourth-order valence-corrected chi connectivity index (χ4v) is 2.92. The maximum Gasteiger partial charge on any atom is 0.129 e. The number of halogens is 4. The van der Waals surface area contributed by atoms with E-state index in [1.807, 2.05) is 0 Å². The van der Waals surface area contributed by atoms with E-state index in [2.05, 4.69) is 21.2 Å². The van der Waals surface area contributed by atoms with Gasteiger partial charge in [0.2, 0.25) is 0 Å². The van der Waals surface area contributed by atoms with Gasteiger partial charge in [-0.2, -0.15) is 0 Å². The second kappa shape index (κ2) is 6.66. The summed E-state index contributed by atoms with van der Waals surface area (Å²) in [6, 6.07) is 8.80. The van der Waals surface area contributed by atoms with Crippen LogP contribution in [0.15, 0.2) is 40.9 Å². The van der Waals surface area contributed by atoms with Gasteiger partial charge in [-0.3, -0.25) is 0 Å². The van der Waals surface area contributed by atoms with Crippen LogP contribution in [0.2, 0.25) is 5.02 Å². The molecule has 0 aliphatic heterocycles. The van der Waals surface area contributed by atoms with Crippen LogP contribution in [0.5, 0.6) is 0 Å². The van der Waals surface area contributed by atoms with Gasteiger partial charge in [-0.1, -0.05) is 33.6 Å². The standard InChI is InChI=1S/C15H13BrClF2N/c1-20-14(15-11(16)3-2-4-13(15)19)8-9-7-10(17)5-6-12(9)18/h2-7,14,20H,8H2,1H3. The third kappa shape index (κ3) is 3.37. The SMILES string of the molecule is CNC(Cc1cc(Cl)ccc1F)c1c(F)cccc1Br. The van der Waals surface area contributed by atoms with Crippen molar-refractivity contribution in [3.63, 3.8) is 0 Å². The molecule has 0 aliphatic rings. The molecule has 0 fully saturated rings. The van der Waals surface area contributed by atoms with Gasteiger partial charge in [0.05, 0.1) is 0 Å². The Hall–Kier alpha value is -0.970. The van der Waals surface area contributed by atoms with E-state index in [-0.39, 0.29) is 17.7 Å². The molecule has 0 aromatic heterocycles. The summed E-state index contributed by atoms with van der Waals surface area (Å²) in [4.78, 5) is 0. The van der Waals surface area contributed by atoms with E-state index in [0.29, 0.717) is 27.0 Å². The average molecular weight is 361 g/mol. The first-order chi connectivity index (χ1) is 9.52. The van der Waals surface area contributed by atoms with E-state index in [4.69, 9.17) is 11.6 Å². The Labute approximate surface area is 130 Å². The second-order valence-electron chi connectivity index (χ2n) is 4.42. The lowest BCUT2D eigenvalue weighted by atomic mass is 9.98. The lowest BCUT2D eigenvalue weighted by molar-refractivity contribution is 0.517. The molecule has 0 radical (unpaired) electrons. The molecule has 0 amide bonds. The van der Waals surface area contributed by atoms with Crippen molar-refractivity contribution in [2.24, 2.45) is 0 Å². The summed E-state index contributed by atoms with van der Waals surface area (Å²) in [7, 11) is 1.71. The van der Waals surface area contributed by atoms with E-state index < -0.39 is 0 Å². The van der Waals surface area contributed by atoms with Gasteiger partial charge in [0.1, 0.15) is 11.6 Å². The summed E-state index contributed by atoms with van der Waals surface area (Å²) in [6.45, 7) is 0. The number of rotatable bonds is 4. The molecule has 1 N–H and O–H groups in total. The second-order valence-corrected chi connectivity index (χ2v) is 5.71. The van der Waals surface area contributed by atoms with Crippen molar-refractivity contribution in [3.8, 4) is 0 Å². The Kier molecular flexibility index (Phi) is 5.13. The first-order valence-corrected chi connectivity index (χ1v) is 7.25. The summed E-state index contributed by atoms with van der Waals surface area (Å²) in [5.74, 6) is -0.678. The minimum atomic E-state index is -0.349. The van der Waals surface area contributed by atoms with Crippen LogP contribution in [-0.4, -0.2) is 7.05 Å². The molecule has 20 heavy (non-hydrogen) atoms. The van der Waals surface area contributed by atoms with Gasteiger partial charge in [0, 0.05) is 21.1 Å². The predicted molar refractivity (Wildman–Crippen MR) is 81.0 cm³/mol. The fraction of sp³-hybridized carbons (Fsp3) is 0.200. The normalized spacial score (nSPS) is 12.4. The minimum absolute atomic E-state index is 0.308. The van der Waals surface area contributed by atoms with E-state index in [0.717, 1.165) is 0 Å². The molecule has 2 rings (SSSR count). The molecular weight excluding hydrogens is 348 g/mol. The van der Waals surface area contributed by atoms with Crippen LogP contribution in [0.25, 0.3) is 0 Å². The number of benzene rings is 2. The highest BCUT2D eigenvalue weighted by Gasteiger charge is 2.19. The lowest BCUT2D eigenvalue weighted by Crippen LogP contribution is -2.21. The number of nitrogens with one attached hydrogen (secondary N) is 1. The third-order valence-corrected chi connectivity index (χ3v) is 4.06. The van der Waals surface area contributed by atoms with Gasteiger partial charge in [0.25, 0.3) is 0 Å². The molecule has 1 unspecified atom stereocenters. The lowest BCUT2D eigenvalue weighted by Gasteiger charge is -2.19. The highest BCUT2D eigenvalue weighted by Crippen LogP contribution is 2.29. The number of hydrogen-bond donors (Lipinski definition) is 1. The topological polar surface area (TPSA) is 12.0 Å². The average Bonchev–Trinajstić information content (AvgIpc) is 2.41. The maximum absolute atomic E-state index is 14.0. The predicted octanol–water partition coefficient (Wildman–Crippen LogP) is 4.88. The van der Waals surface area contributed by atoms with Crippen LogP contribution in [0.1, 0.15) is 17.2 Å². The molecular formula is C15H13BrClF2N. The van der Waals surface area contributed by atoms with Crippen molar-refractivity contribution < 1.29 is 8.78 Å². The van der Waals surface area contributed by atoms with Gasteiger partial charge >= 0.3 is 0 Å². The molecule has 0 saturated heterocycles. The largest absolute Gasteiger partial charge is 0.313 e. The Bertz CT molecular complexity index is 599. The van der Waals surface area contributed by atoms with E-state index >= 15 is 0 Å². The first-order valence-electron chi connectivity index (χ1n) is 6.08. The summed E-state index contributed by atoms with van der Waals surface area (Å²) >= 11 is 9.22. The Morgan fingerprint density at radius 1 is 1.20 bits per heavy atom. The van der Waals surface area contributed by atoms with Crippen LogP contribution < -0.4 is 5.32 Å². The van der Waals surface area contributed by atoms with Crippen LogP contribution in [-0.2, 0) is 6.42 Å². The van der Waals surface area contributed by atoms with Crippen molar-refractivity contribution >= 4 is 27.5 Å². The summed E-state index contributed by atoms with van der Waals surface area (Å²) in [6.07, 6.45) is 0.308. The summed E-state index contributed by atoms with van der Waals surface area (Å²) < 4.78 is 28.4. The van der Waals surface area contributed by atoms with Gasteiger partial charge in [-0.05, 0) is 49.4 Å². The van der Waals surface area contributed by atoms with Crippen LogP contribution in [0.4, 0.5) is 8.78 Å². The van der Waals surface area contributed by atoms with Crippen LogP contribution in [0.3, 0.4) is 0 Å². The number of likely N-dealkylation sites (N-methyl/N-ethyl adjacent to an activating group) is 1. The van der Waals surface area contributed by atoms with Gasteiger partial charge in [-0.25, -0.2) is 8.78 Å². The van der Waals surface area contributed by atoms with Crippen LogP contribution >= 0.6 is 27.5 Å². The van der Waals surface area contributed by atoms with Crippen LogP contribution in [0, 0.1) is 11.6 Å². The fourth-order valence-electron chi connectivity index (χ4n) is 2.11. The summed E-state index contributed by atoms with van der Waals surface area (Å²) in [5, 5.41) is 3.48. The van der Waals surface area contributed by atoms with E-state index in [1.54, 1.807) is 25.2 Å². The summed E-state index contributed by atoms with van der Waals surface area (Å²) in [5.41, 5.74) is 0.932. The molecule has 0 spiro atoms. The molecule has 106 valence electrons. The van der Waals surface area contributed by atoms with Gasteiger partial charge < -0.3 is 5.32 Å². The molecule has 1 atom stereocenters. The van der Waals surface area contributed by atoms with Crippen molar-refractivity contribution in [2.45, 2.75) is 12.5 Å². The number of hydrogen-bond acceptors (Lipinski definition) is 1. The van der Waals surface area contributed by atoms with Crippen molar-refractivity contribution in [1.82, 2.24) is 5.32 Å². The minimum Gasteiger partial charge on any atom is -0.313 e. The molecule has 0 bridgehead atoms. The highest BCUT2D eigenvalue weighted by atomic mass is 79.9.